The van der Waals surface area contributed by atoms with Crippen molar-refractivity contribution in [2.75, 3.05) is 13.1 Å². The maximum absolute atomic E-state index is 11.9. The van der Waals surface area contributed by atoms with Crippen LogP contribution in [-0.4, -0.2) is 42.9 Å². The number of rotatable bonds is 8. The summed E-state index contributed by atoms with van der Waals surface area (Å²) in [5.41, 5.74) is 0. The molecule has 1 saturated carbocycles. The zero-order chi connectivity index (χ0) is 13.0. The van der Waals surface area contributed by atoms with Crippen molar-refractivity contribution in [2.24, 2.45) is 0 Å². The topological polar surface area (TPSA) is 97.1 Å². The third kappa shape index (κ3) is 4.04. The Morgan fingerprint density at radius 2 is 2.33 bits per heavy atom. The Bertz CT molecular complexity index is 455. The summed E-state index contributed by atoms with van der Waals surface area (Å²) in [4.78, 5) is 3.82. The predicted octanol–water partition coefficient (Wildman–Crippen LogP) is -0.328. The van der Waals surface area contributed by atoms with Crippen LogP contribution in [0.3, 0.4) is 0 Å². The molecule has 102 valence electrons. The van der Waals surface area contributed by atoms with Crippen LogP contribution in [0.2, 0.25) is 0 Å². The first kappa shape index (κ1) is 13.4. The van der Waals surface area contributed by atoms with Gasteiger partial charge in [0.05, 0.1) is 5.25 Å². The van der Waals surface area contributed by atoms with E-state index in [1.54, 1.807) is 6.92 Å². The van der Waals surface area contributed by atoms with Crippen molar-refractivity contribution < 1.29 is 12.9 Å². The SMILES string of the molecule is CC(CNC1CC1)S(=O)(=O)NCCc1ncno1. The number of aromatic nitrogens is 2. The molecule has 1 aromatic rings. The molecule has 1 unspecified atom stereocenters. The Balaban J connectivity index is 1.71. The van der Waals surface area contributed by atoms with Gasteiger partial charge >= 0.3 is 0 Å². The van der Waals surface area contributed by atoms with E-state index < -0.39 is 15.3 Å². The molecule has 0 radical (unpaired) electrons. The normalized spacial score (nSPS) is 17.8. The van der Waals surface area contributed by atoms with Crippen molar-refractivity contribution in [3.05, 3.63) is 12.2 Å². The van der Waals surface area contributed by atoms with Crippen LogP contribution < -0.4 is 10.0 Å². The second-order valence-electron chi connectivity index (χ2n) is 4.52. The summed E-state index contributed by atoms with van der Waals surface area (Å²) in [7, 11) is -3.28. The van der Waals surface area contributed by atoms with E-state index in [0.717, 1.165) is 12.8 Å². The maximum Gasteiger partial charge on any atom is 0.227 e. The molecular weight excluding hydrogens is 256 g/mol. The van der Waals surface area contributed by atoms with Crippen molar-refractivity contribution in [1.82, 2.24) is 20.2 Å². The maximum atomic E-state index is 11.9. The summed E-state index contributed by atoms with van der Waals surface area (Å²) in [6.45, 7) is 2.46. The van der Waals surface area contributed by atoms with Crippen LogP contribution in [-0.2, 0) is 16.4 Å². The number of nitrogens with one attached hydrogen (secondary N) is 2. The second kappa shape index (κ2) is 5.77. The third-order valence-electron chi connectivity index (χ3n) is 2.85. The van der Waals surface area contributed by atoms with Crippen molar-refractivity contribution in [2.45, 2.75) is 37.5 Å². The van der Waals surface area contributed by atoms with Crippen LogP contribution in [0.25, 0.3) is 0 Å². The van der Waals surface area contributed by atoms with E-state index in [1.807, 2.05) is 0 Å². The number of hydrogen-bond donors (Lipinski definition) is 2. The van der Waals surface area contributed by atoms with E-state index in [1.165, 1.54) is 6.33 Å². The van der Waals surface area contributed by atoms with Crippen molar-refractivity contribution in [1.29, 1.82) is 0 Å². The lowest BCUT2D eigenvalue weighted by Gasteiger charge is -2.14. The molecule has 0 bridgehead atoms. The molecule has 8 heteroatoms. The highest BCUT2D eigenvalue weighted by molar-refractivity contribution is 7.90. The largest absolute Gasteiger partial charge is 0.340 e. The fraction of sp³-hybridized carbons (Fsp3) is 0.800. The van der Waals surface area contributed by atoms with Crippen LogP contribution in [0.4, 0.5) is 0 Å². The summed E-state index contributed by atoms with van der Waals surface area (Å²) in [5, 5.41) is 6.22. The molecule has 0 saturated heterocycles. The molecule has 1 aliphatic carbocycles. The Hall–Kier alpha value is -0.990. The molecule has 0 amide bonds. The molecule has 0 aliphatic heterocycles. The molecule has 18 heavy (non-hydrogen) atoms. The van der Waals surface area contributed by atoms with Crippen LogP contribution >= 0.6 is 0 Å². The van der Waals surface area contributed by atoms with E-state index >= 15 is 0 Å². The molecule has 1 atom stereocenters. The smallest absolute Gasteiger partial charge is 0.227 e. The fourth-order valence-corrected chi connectivity index (χ4v) is 2.47. The minimum absolute atomic E-state index is 0.276. The van der Waals surface area contributed by atoms with E-state index in [9.17, 15) is 8.42 Å². The number of sulfonamides is 1. The fourth-order valence-electron chi connectivity index (χ4n) is 1.48. The monoisotopic (exact) mass is 274 g/mol. The summed E-state index contributed by atoms with van der Waals surface area (Å²) in [6.07, 6.45) is 4.00. The van der Waals surface area contributed by atoms with Gasteiger partial charge in [-0.05, 0) is 19.8 Å². The molecule has 2 rings (SSSR count). The molecule has 0 aromatic carbocycles. The van der Waals surface area contributed by atoms with Gasteiger partial charge in [0.15, 0.2) is 6.33 Å². The average Bonchev–Trinajstić information content (AvgIpc) is 3.02. The molecule has 2 N–H and O–H groups in total. The zero-order valence-corrected chi connectivity index (χ0v) is 11.1. The van der Waals surface area contributed by atoms with Gasteiger partial charge in [-0.15, -0.1) is 0 Å². The lowest BCUT2D eigenvalue weighted by molar-refractivity contribution is 0.377. The first-order valence-electron chi connectivity index (χ1n) is 6.05. The quantitative estimate of drug-likeness (QED) is 0.674. The minimum atomic E-state index is -3.28. The highest BCUT2D eigenvalue weighted by atomic mass is 32.2. The van der Waals surface area contributed by atoms with Crippen molar-refractivity contribution >= 4 is 10.0 Å². The standard InChI is InChI=1S/C10H18N4O3S/c1-8(6-11-9-2-3-9)18(15,16)14-5-4-10-12-7-13-17-10/h7-9,11,14H,2-6H2,1H3. The van der Waals surface area contributed by atoms with Crippen LogP contribution in [0.5, 0.6) is 0 Å². The van der Waals surface area contributed by atoms with E-state index in [0.29, 0.717) is 24.9 Å². The molecular formula is C10H18N4O3S. The predicted molar refractivity (Wildman–Crippen MR) is 65.4 cm³/mol. The van der Waals surface area contributed by atoms with Gasteiger partial charge in [-0.2, -0.15) is 4.98 Å². The van der Waals surface area contributed by atoms with E-state index in [-0.39, 0.29) is 6.54 Å². The van der Waals surface area contributed by atoms with Gasteiger partial charge in [0.2, 0.25) is 15.9 Å². The van der Waals surface area contributed by atoms with Gasteiger partial charge in [0.1, 0.15) is 0 Å². The Morgan fingerprint density at radius 1 is 1.56 bits per heavy atom. The van der Waals surface area contributed by atoms with Gasteiger partial charge in [-0.3, -0.25) is 0 Å². The Labute approximate surface area is 106 Å². The summed E-state index contributed by atoms with van der Waals surface area (Å²) < 4.78 is 31.1. The average molecular weight is 274 g/mol. The highest BCUT2D eigenvalue weighted by Crippen LogP contribution is 2.18. The molecule has 7 nitrogen and oxygen atoms in total. The van der Waals surface area contributed by atoms with Crippen molar-refractivity contribution in [3.8, 4) is 0 Å². The van der Waals surface area contributed by atoms with E-state index in [2.05, 4.69) is 20.2 Å². The number of nitrogens with zero attached hydrogens (tertiary/aromatic N) is 2. The molecule has 1 aromatic heterocycles. The lowest BCUT2D eigenvalue weighted by atomic mass is 10.4. The molecule has 1 heterocycles. The molecule has 0 spiro atoms. The van der Waals surface area contributed by atoms with Crippen LogP contribution in [0, 0.1) is 0 Å². The Kier molecular flexibility index (Phi) is 4.31. The Morgan fingerprint density at radius 3 is 2.94 bits per heavy atom. The summed E-state index contributed by atoms with van der Waals surface area (Å²) in [5.74, 6) is 0.432. The van der Waals surface area contributed by atoms with Gasteiger partial charge in [0, 0.05) is 25.6 Å². The molecule has 1 fully saturated rings. The second-order valence-corrected chi connectivity index (χ2v) is 6.70. The lowest BCUT2D eigenvalue weighted by Crippen LogP contribution is -2.40. The minimum Gasteiger partial charge on any atom is -0.340 e. The summed E-state index contributed by atoms with van der Waals surface area (Å²) >= 11 is 0. The number of hydrogen-bond acceptors (Lipinski definition) is 6. The van der Waals surface area contributed by atoms with Gasteiger partial charge < -0.3 is 9.84 Å². The first-order chi connectivity index (χ1) is 8.58. The van der Waals surface area contributed by atoms with Gasteiger partial charge in [-0.1, -0.05) is 5.16 Å². The van der Waals surface area contributed by atoms with Crippen LogP contribution in [0.1, 0.15) is 25.7 Å². The van der Waals surface area contributed by atoms with Gasteiger partial charge in [-0.25, -0.2) is 13.1 Å². The van der Waals surface area contributed by atoms with Gasteiger partial charge in [0.25, 0.3) is 0 Å². The summed E-state index contributed by atoms with van der Waals surface area (Å²) in [6, 6.07) is 0.515. The zero-order valence-electron chi connectivity index (χ0n) is 10.3. The van der Waals surface area contributed by atoms with E-state index in [4.69, 9.17) is 4.52 Å². The third-order valence-corrected chi connectivity index (χ3v) is 4.68. The molecule has 1 aliphatic rings. The first-order valence-corrected chi connectivity index (χ1v) is 7.60. The van der Waals surface area contributed by atoms with Crippen molar-refractivity contribution in [3.63, 3.8) is 0 Å². The van der Waals surface area contributed by atoms with Crippen LogP contribution in [0.15, 0.2) is 10.9 Å². The highest BCUT2D eigenvalue weighted by Gasteiger charge is 2.25.